The van der Waals surface area contributed by atoms with E-state index in [2.05, 4.69) is 9.97 Å². The zero-order valence-electron chi connectivity index (χ0n) is 16.1. The van der Waals surface area contributed by atoms with Gasteiger partial charge in [0.05, 0.1) is 24.6 Å². The number of H-pyrrole nitrogens is 1. The number of nitrogens with zero attached hydrogens (tertiary/aromatic N) is 2. The molecule has 0 saturated carbocycles. The Balaban J connectivity index is 1.72. The molecule has 1 N–H and O–H groups in total. The van der Waals surface area contributed by atoms with Crippen LogP contribution in [0, 0.1) is 0 Å². The van der Waals surface area contributed by atoms with Gasteiger partial charge in [-0.25, -0.2) is 4.98 Å². The highest BCUT2D eigenvalue weighted by molar-refractivity contribution is 5.79. The van der Waals surface area contributed by atoms with Crippen molar-refractivity contribution in [2.75, 3.05) is 13.7 Å². The van der Waals surface area contributed by atoms with E-state index < -0.39 is 0 Å². The van der Waals surface area contributed by atoms with Crippen molar-refractivity contribution in [3.05, 3.63) is 64.7 Å². The number of fused-ring (bicyclic) bond motifs is 1. The number of nitrogens with one attached hydrogen (secondary N) is 1. The lowest BCUT2D eigenvalue weighted by Crippen LogP contribution is -2.40. The van der Waals surface area contributed by atoms with Crippen molar-refractivity contribution in [1.29, 1.82) is 0 Å². The van der Waals surface area contributed by atoms with Crippen molar-refractivity contribution in [2.45, 2.75) is 26.4 Å². The van der Waals surface area contributed by atoms with Crippen molar-refractivity contribution in [1.82, 2.24) is 14.9 Å². The van der Waals surface area contributed by atoms with Gasteiger partial charge in [0.2, 0.25) is 0 Å². The first-order valence-electron chi connectivity index (χ1n) is 9.02. The average Bonchev–Trinajstić information content (AvgIpc) is 2.70. The van der Waals surface area contributed by atoms with E-state index in [1.165, 1.54) is 0 Å². The van der Waals surface area contributed by atoms with E-state index in [0.717, 1.165) is 0 Å². The Hall–Kier alpha value is -3.35. The molecule has 7 heteroatoms. The number of aromatic nitrogens is 2. The lowest BCUT2D eigenvalue weighted by Gasteiger charge is -2.26. The zero-order chi connectivity index (χ0) is 20.1. The molecule has 0 unspecified atom stereocenters. The van der Waals surface area contributed by atoms with Crippen LogP contribution in [0.4, 0.5) is 0 Å². The number of aromatic amines is 1. The molecule has 0 radical (unpaired) electrons. The summed E-state index contributed by atoms with van der Waals surface area (Å²) in [5.74, 6) is 1.54. The van der Waals surface area contributed by atoms with E-state index in [4.69, 9.17) is 9.47 Å². The fourth-order valence-corrected chi connectivity index (χ4v) is 2.83. The van der Waals surface area contributed by atoms with Gasteiger partial charge in [0.25, 0.3) is 11.5 Å². The van der Waals surface area contributed by atoms with E-state index in [9.17, 15) is 9.59 Å². The highest BCUT2D eigenvalue weighted by atomic mass is 16.5. The molecule has 7 nitrogen and oxygen atoms in total. The van der Waals surface area contributed by atoms with Crippen LogP contribution in [0.5, 0.6) is 11.5 Å². The number of ether oxygens (including phenoxy) is 2. The summed E-state index contributed by atoms with van der Waals surface area (Å²) >= 11 is 0. The maximum atomic E-state index is 12.7. The average molecular weight is 381 g/mol. The largest absolute Gasteiger partial charge is 0.497 e. The maximum absolute atomic E-state index is 12.7. The number of amides is 1. The standard InChI is InChI=1S/C21H23N3O4/c1-14(2)24(20(25)13-28-16-10-8-15(27-3)9-11-16)12-19-22-18-7-5-4-6-17(18)21(26)23-19/h4-11,14H,12-13H2,1-3H3,(H,22,23,26). The van der Waals surface area contributed by atoms with E-state index in [-0.39, 0.29) is 30.7 Å². The maximum Gasteiger partial charge on any atom is 0.261 e. The summed E-state index contributed by atoms with van der Waals surface area (Å²) in [7, 11) is 1.59. The number of rotatable bonds is 7. The predicted molar refractivity (Wildman–Crippen MR) is 107 cm³/mol. The smallest absolute Gasteiger partial charge is 0.261 e. The van der Waals surface area contributed by atoms with Crippen molar-refractivity contribution >= 4 is 16.8 Å². The van der Waals surface area contributed by atoms with Crippen molar-refractivity contribution in [2.24, 2.45) is 0 Å². The van der Waals surface area contributed by atoms with Crippen LogP contribution in [-0.2, 0) is 11.3 Å². The normalized spacial score (nSPS) is 10.9. The second-order valence-electron chi connectivity index (χ2n) is 6.61. The Labute approximate surface area is 162 Å². The molecule has 0 aliphatic rings. The van der Waals surface area contributed by atoms with Gasteiger partial charge in [-0.2, -0.15) is 0 Å². The van der Waals surface area contributed by atoms with Gasteiger partial charge in [-0.1, -0.05) is 12.1 Å². The zero-order valence-corrected chi connectivity index (χ0v) is 16.1. The number of benzene rings is 2. The quantitative estimate of drug-likeness (QED) is 0.680. The number of hydrogen-bond acceptors (Lipinski definition) is 5. The van der Waals surface area contributed by atoms with Crippen LogP contribution in [0.25, 0.3) is 10.9 Å². The molecular weight excluding hydrogens is 358 g/mol. The van der Waals surface area contributed by atoms with Gasteiger partial charge in [-0.3, -0.25) is 9.59 Å². The van der Waals surface area contributed by atoms with Crippen LogP contribution in [0.1, 0.15) is 19.7 Å². The van der Waals surface area contributed by atoms with E-state index >= 15 is 0 Å². The number of para-hydroxylation sites is 1. The molecule has 146 valence electrons. The number of hydrogen-bond donors (Lipinski definition) is 1. The molecule has 0 spiro atoms. The molecule has 0 aliphatic carbocycles. The van der Waals surface area contributed by atoms with Crippen LogP contribution in [0.3, 0.4) is 0 Å². The second kappa shape index (κ2) is 8.56. The van der Waals surface area contributed by atoms with Gasteiger partial charge >= 0.3 is 0 Å². The van der Waals surface area contributed by atoms with Crippen LogP contribution < -0.4 is 15.0 Å². The fraction of sp³-hybridized carbons (Fsp3) is 0.286. The predicted octanol–water partition coefficient (Wildman–Crippen LogP) is 2.75. The molecule has 1 heterocycles. The molecule has 3 rings (SSSR count). The molecule has 0 bridgehead atoms. The Kier molecular flexibility index (Phi) is 5.93. The summed E-state index contributed by atoms with van der Waals surface area (Å²) in [6.45, 7) is 3.90. The van der Waals surface area contributed by atoms with Crippen LogP contribution in [0.15, 0.2) is 53.3 Å². The highest BCUT2D eigenvalue weighted by Crippen LogP contribution is 2.17. The summed E-state index contributed by atoms with van der Waals surface area (Å²) in [6, 6.07) is 14.1. The Morgan fingerprint density at radius 3 is 2.46 bits per heavy atom. The minimum Gasteiger partial charge on any atom is -0.497 e. The lowest BCUT2D eigenvalue weighted by molar-refractivity contribution is -0.135. The van der Waals surface area contributed by atoms with E-state index in [1.54, 1.807) is 54.5 Å². The third-order valence-electron chi connectivity index (χ3n) is 4.35. The minimum atomic E-state index is -0.216. The van der Waals surface area contributed by atoms with Crippen molar-refractivity contribution < 1.29 is 14.3 Å². The Morgan fingerprint density at radius 2 is 1.79 bits per heavy atom. The molecule has 28 heavy (non-hydrogen) atoms. The van der Waals surface area contributed by atoms with Gasteiger partial charge in [-0.15, -0.1) is 0 Å². The molecular formula is C21H23N3O4. The highest BCUT2D eigenvalue weighted by Gasteiger charge is 2.19. The first-order valence-corrected chi connectivity index (χ1v) is 9.02. The molecule has 1 aromatic heterocycles. The molecule has 1 amide bonds. The molecule has 0 fully saturated rings. The van der Waals surface area contributed by atoms with Gasteiger partial charge in [0.15, 0.2) is 6.61 Å². The van der Waals surface area contributed by atoms with Gasteiger partial charge in [0, 0.05) is 6.04 Å². The second-order valence-corrected chi connectivity index (χ2v) is 6.61. The van der Waals surface area contributed by atoms with E-state index in [0.29, 0.717) is 28.2 Å². The van der Waals surface area contributed by atoms with Gasteiger partial charge in [-0.05, 0) is 50.2 Å². The molecule has 2 aromatic carbocycles. The summed E-state index contributed by atoms with van der Waals surface area (Å²) in [6.07, 6.45) is 0. The fourth-order valence-electron chi connectivity index (χ4n) is 2.83. The van der Waals surface area contributed by atoms with Gasteiger partial charge in [0.1, 0.15) is 17.3 Å². The topological polar surface area (TPSA) is 84.5 Å². The minimum absolute atomic E-state index is 0.0799. The third kappa shape index (κ3) is 4.49. The van der Waals surface area contributed by atoms with Crippen LogP contribution >= 0.6 is 0 Å². The number of carbonyl (C=O) groups excluding carboxylic acids is 1. The SMILES string of the molecule is COc1ccc(OCC(=O)N(Cc2nc3ccccc3c(=O)[nH]2)C(C)C)cc1. The van der Waals surface area contributed by atoms with Crippen molar-refractivity contribution in [3.8, 4) is 11.5 Å². The van der Waals surface area contributed by atoms with Gasteiger partial charge < -0.3 is 19.4 Å². The van der Waals surface area contributed by atoms with Crippen LogP contribution in [-0.4, -0.2) is 40.5 Å². The molecule has 0 saturated heterocycles. The molecule has 0 aliphatic heterocycles. The molecule has 0 atom stereocenters. The lowest BCUT2D eigenvalue weighted by atomic mass is 10.2. The Morgan fingerprint density at radius 1 is 1.11 bits per heavy atom. The number of methoxy groups -OCH3 is 1. The summed E-state index contributed by atoms with van der Waals surface area (Å²) in [4.78, 5) is 33.8. The first kappa shape index (κ1) is 19.4. The summed E-state index contributed by atoms with van der Waals surface area (Å²) in [5, 5.41) is 0.525. The van der Waals surface area contributed by atoms with Crippen LogP contribution in [0.2, 0.25) is 0 Å². The monoisotopic (exact) mass is 381 g/mol. The van der Waals surface area contributed by atoms with E-state index in [1.807, 2.05) is 19.9 Å². The Bertz CT molecular complexity index is 1010. The summed E-state index contributed by atoms with van der Waals surface area (Å²) < 4.78 is 10.7. The van der Waals surface area contributed by atoms with Crippen molar-refractivity contribution in [3.63, 3.8) is 0 Å². The number of carbonyl (C=O) groups is 1. The third-order valence-corrected chi connectivity index (χ3v) is 4.35. The summed E-state index contributed by atoms with van der Waals surface area (Å²) in [5.41, 5.74) is 0.387. The first-order chi connectivity index (χ1) is 13.5. The molecule has 3 aromatic rings.